The largest absolute Gasteiger partial charge is 0.159 e. The standard InChI is InChI=1S/C5H5ClN2/c6-3-5-1-2-7-8-4-5/h1-2,4H,3H2. The Labute approximate surface area is 52.5 Å². The topological polar surface area (TPSA) is 25.8 Å². The van der Waals surface area contributed by atoms with E-state index in [0.717, 1.165) is 5.56 Å². The van der Waals surface area contributed by atoms with Crippen LogP contribution in [-0.2, 0) is 5.88 Å². The summed E-state index contributed by atoms with van der Waals surface area (Å²) in [6, 6.07) is 1.83. The van der Waals surface area contributed by atoms with E-state index >= 15 is 0 Å². The van der Waals surface area contributed by atoms with Crippen LogP contribution in [0.5, 0.6) is 0 Å². The van der Waals surface area contributed by atoms with E-state index in [1.807, 2.05) is 6.07 Å². The molecule has 1 rings (SSSR count). The molecule has 1 aromatic heterocycles. The lowest BCUT2D eigenvalue weighted by Gasteiger charge is -1.86. The summed E-state index contributed by atoms with van der Waals surface area (Å²) in [7, 11) is 0. The van der Waals surface area contributed by atoms with Gasteiger partial charge in [0.1, 0.15) is 0 Å². The van der Waals surface area contributed by atoms with E-state index in [-0.39, 0.29) is 0 Å². The molecule has 0 aliphatic carbocycles. The normalized spacial score (nSPS) is 9.12. The molecule has 3 heteroatoms. The van der Waals surface area contributed by atoms with Crippen LogP contribution in [0.3, 0.4) is 0 Å². The number of hydrogen-bond donors (Lipinski definition) is 0. The van der Waals surface area contributed by atoms with Crippen molar-refractivity contribution < 1.29 is 0 Å². The predicted molar refractivity (Wildman–Crippen MR) is 31.6 cm³/mol. The Morgan fingerprint density at radius 2 is 2.38 bits per heavy atom. The number of nitrogens with zero attached hydrogens (tertiary/aromatic N) is 2. The lowest BCUT2D eigenvalue weighted by molar-refractivity contribution is 1.01. The lowest BCUT2D eigenvalue weighted by atomic mass is 10.4. The molecule has 1 aromatic rings. The maximum atomic E-state index is 5.46. The molecule has 0 saturated carbocycles. The van der Waals surface area contributed by atoms with E-state index in [4.69, 9.17) is 11.6 Å². The first kappa shape index (κ1) is 5.51. The van der Waals surface area contributed by atoms with E-state index < -0.39 is 0 Å². The fourth-order valence-electron chi connectivity index (χ4n) is 0.397. The molecule has 42 valence electrons. The SMILES string of the molecule is ClCc1ccnnc1. The molecular weight excluding hydrogens is 124 g/mol. The molecule has 0 aliphatic heterocycles. The summed E-state index contributed by atoms with van der Waals surface area (Å²) >= 11 is 5.46. The highest BCUT2D eigenvalue weighted by molar-refractivity contribution is 6.17. The Balaban J connectivity index is 2.83. The van der Waals surface area contributed by atoms with Crippen LogP contribution >= 0.6 is 11.6 Å². The van der Waals surface area contributed by atoms with Crippen molar-refractivity contribution in [3.05, 3.63) is 24.0 Å². The zero-order valence-electron chi connectivity index (χ0n) is 4.21. The highest BCUT2D eigenvalue weighted by Gasteiger charge is 1.83. The third-order valence-electron chi connectivity index (χ3n) is 0.800. The van der Waals surface area contributed by atoms with E-state index in [0.29, 0.717) is 5.88 Å². The molecule has 0 aromatic carbocycles. The molecule has 0 bridgehead atoms. The van der Waals surface area contributed by atoms with E-state index in [2.05, 4.69) is 10.2 Å². The van der Waals surface area contributed by atoms with Gasteiger partial charge in [-0.25, -0.2) is 0 Å². The van der Waals surface area contributed by atoms with Crippen molar-refractivity contribution in [1.82, 2.24) is 10.2 Å². The van der Waals surface area contributed by atoms with Gasteiger partial charge in [-0.3, -0.25) is 0 Å². The summed E-state index contributed by atoms with van der Waals surface area (Å²) < 4.78 is 0. The quantitative estimate of drug-likeness (QED) is 0.532. The highest BCUT2D eigenvalue weighted by atomic mass is 35.5. The lowest BCUT2D eigenvalue weighted by Crippen LogP contribution is -1.80. The maximum absolute atomic E-state index is 5.46. The third kappa shape index (κ3) is 1.17. The van der Waals surface area contributed by atoms with Crippen LogP contribution in [-0.4, -0.2) is 10.2 Å². The van der Waals surface area contributed by atoms with Crippen molar-refractivity contribution in [2.24, 2.45) is 0 Å². The molecule has 1 heterocycles. The Morgan fingerprint density at radius 3 is 2.75 bits per heavy atom. The smallest absolute Gasteiger partial charge is 0.0540 e. The summed E-state index contributed by atoms with van der Waals surface area (Å²) in [5.74, 6) is 0.509. The van der Waals surface area contributed by atoms with Gasteiger partial charge in [-0.1, -0.05) is 0 Å². The van der Waals surface area contributed by atoms with Crippen molar-refractivity contribution in [3.8, 4) is 0 Å². The number of alkyl halides is 1. The second-order valence-corrected chi connectivity index (χ2v) is 1.65. The highest BCUT2D eigenvalue weighted by Crippen LogP contribution is 1.96. The van der Waals surface area contributed by atoms with Crippen LogP contribution < -0.4 is 0 Å². The van der Waals surface area contributed by atoms with Gasteiger partial charge in [0, 0.05) is 12.1 Å². The van der Waals surface area contributed by atoms with Crippen LogP contribution in [0.4, 0.5) is 0 Å². The van der Waals surface area contributed by atoms with Gasteiger partial charge in [-0.15, -0.1) is 11.6 Å². The predicted octanol–water partition coefficient (Wildman–Crippen LogP) is 1.22. The Hall–Kier alpha value is -0.630. The Morgan fingerprint density at radius 1 is 1.50 bits per heavy atom. The van der Waals surface area contributed by atoms with Gasteiger partial charge in [0.05, 0.1) is 6.20 Å². The van der Waals surface area contributed by atoms with Crippen molar-refractivity contribution in [3.63, 3.8) is 0 Å². The molecular formula is C5H5ClN2. The van der Waals surface area contributed by atoms with Crippen LogP contribution in [0.1, 0.15) is 5.56 Å². The zero-order valence-corrected chi connectivity index (χ0v) is 4.97. The van der Waals surface area contributed by atoms with E-state index in [9.17, 15) is 0 Å². The molecule has 0 amide bonds. The fraction of sp³-hybridized carbons (Fsp3) is 0.200. The molecule has 0 spiro atoms. The van der Waals surface area contributed by atoms with Gasteiger partial charge in [0.2, 0.25) is 0 Å². The maximum Gasteiger partial charge on any atom is 0.0540 e. The molecule has 0 unspecified atom stereocenters. The number of rotatable bonds is 1. The summed E-state index contributed by atoms with van der Waals surface area (Å²) in [5.41, 5.74) is 1.00. The van der Waals surface area contributed by atoms with Gasteiger partial charge >= 0.3 is 0 Å². The van der Waals surface area contributed by atoms with Crippen LogP contribution in [0, 0.1) is 0 Å². The zero-order chi connectivity index (χ0) is 5.82. The fourth-order valence-corrected chi connectivity index (χ4v) is 0.555. The monoisotopic (exact) mass is 128 g/mol. The van der Waals surface area contributed by atoms with Crippen molar-refractivity contribution in [2.45, 2.75) is 5.88 Å². The third-order valence-corrected chi connectivity index (χ3v) is 1.11. The number of halogens is 1. The molecule has 0 radical (unpaired) electrons. The minimum atomic E-state index is 0.509. The molecule has 0 atom stereocenters. The van der Waals surface area contributed by atoms with Gasteiger partial charge in [0.15, 0.2) is 0 Å². The van der Waals surface area contributed by atoms with E-state index in [1.165, 1.54) is 0 Å². The summed E-state index contributed by atoms with van der Waals surface area (Å²) in [5, 5.41) is 7.21. The second-order valence-electron chi connectivity index (χ2n) is 1.38. The van der Waals surface area contributed by atoms with Crippen molar-refractivity contribution in [1.29, 1.82) is 0 Å². The average Bonchev–Trinajstić information content (AvgIpc) is 1.90. The van der Waals surface area contributed by atoms with Crippen LogP contribution in [0.25, 0.3) is 0 Å². The summed E-state index contributed by atoms with van der Waals surface area (Å²) in [6.07, 6.45) is 3.27. The molecule has 0 N–H and O–H groups in total. The van der Waals surface area contributed by atoms with Crippen molar-refractivity contribution in [2.75, 3.05) is 0 Å². The van der Waals surface area contributed by atoms with Gasteiger partial charge < -0.3 is 0 Å². The van der Waals surface area contributed by atoms with Crippen LogP contribution in [0.15, 0.2) is 18.5 Å². The summed E-state index contributed by atoms with van der Waals surface area (Å²) in [4.78, 5) is 0. The first-order valence-electron chi connectivity index (χ1n) is 2.25. The first-order chi connectivity index (χ1) is 3.93. The first-order valence-corrected chi connectivity index (χ1v) is 2.78. The van der Waals surface area contributed by atoms with Crippen LogP contribution in [0.2, 0.25) is 0 Å². The van der Waals surface area contributed by atoms with Gasteiger partial charge in [0.25, 0.3) is 0 Å². The molecule has 0 fully saturated rings. The Bertz CT molecular complexity index is 152. The minimum Gasteiger partial charge on any atom is -0.159 e. The molecule has 8 heavy (non-hydrogen) atoms. The molecule has 0 aliphatic rings. The second kappa shape index (κ2) is 2.62. The van der Waals surface area contributed by atoms with Crippen molar-refractivity contribution >= 4 is 11.6 Å². The Kier molecular flexibility index (Phi) is 1.80. The molecule has 2 nitrogen and oxygen atoms in total. The number of aromatic nitrogens is 2. The molecule has 0 saturated heterocycles. The van der Waals surface area contributed by atoms with Gasteiger partial charge in [-0.2, -0.15) is 10.2 Å². The van der Waals surface area contributed by atoms with E-state index in [1.54, 1.807) is 12.4 Å². The average molecular weight is 129 g/mol. The summed E-state index contributed by atoms with van der Waals surface area (Å²) in [6.45, 7) is 0. The minimum absolute atomic E-state index is 0.509. The number of hydrogen-bond acceptors (Lipinski definition) is 2. The van der Waals surface area contributed by atoms with Gasteiger partial charge in [-0.05, 0) is 11.6 Å².